The van der Waals surface area contributed by atoms with Crippen LogP contribution in [0.1, 0.15) is 108 Å². The average Bonchev–Trinajstić information content (AvgIpc) is 2.65. The number of anilines is 1. The highest BCUT2D eigenvalue weighted by Crippen LogP contribution is 2.15. The number of rotatable bonds is 17. The topological polar surface area (TPSA) is 29.1 Å². The van der Waals surface area contributed by atoms with Gasteiger partial charge in [-0.15, -0.1) is 0 Å². The largest absolute Gasteiger partial charge is 0.385 e. The van der Waals surface area contributed by atoms with Gasteiger partial charge in [0.1, 0.15) is 0 Å². The van der Waals surface area contributed by atoms with E-state index in [0.717, 1.165) is 18.2 Å². The van der Waals surface area contributed by atoms with Crippen molar-refractivity contribution >= 4 is 22.5 Å². The quantitative estimate of drug-likeness (QED) is 0.213. The molecule has 0 aliphatic heterocycles. The fraction of sp³-hybridized carbons (Fsp3) is 0.708. The van der Waals surface area contributed by atoms with E-state index in [-0.39, 0.29) is 0 Å². The molecule has 0 bridgehead atoms. The van der Waals surface area contributed by atoms with Gasteiger partial charge in [0.05, 0.1) is 0 Å². The van der Waals surface area contributed by atoms with Gasteiger partial charge in [-0.05, 0) is 48.2 Å². The van der Waals surface area contributed by atoms with Crippen molar-refractivity contribution in [1.82, 2.24) is 0 Å². The number of unbranched alkanes of at least 4 members (excludes halogenated alkanes) is 11. The van der Waals surface area contributed by atoms with E-state index in [2.05, 4.69) is 19.2 Å². The molecule has 0 saturated carbocycles. The Kier molecular flexibility index (Phi) is 14.2. The van der Waals surface area contributed by atoms with Crippen LogP contribution < -0.4 is 5.32 Å². The van der Waals surface area contributed by atoms with Crippen molar-refractivity contribution in [3.05, 3.63) is 29.8 Å². The SMILES string of the molecule is CC(C)CCCCCCCCCCCCCCNc1ccc(C(=O)Cl)cc1. The maximum Gasteiger partial charge on any atom is 0.252 e. The lowest BCUT2D eigenvalue weighted by Crippen LogP contribution is -2.01. The van der Waals surface area contributed by atoms with Crippen LogP contribution in [0.5, 0.6) is 0 Å². The molecule has 0 aliphatic rings. The van der Waals surface area contributed by atoms with E-state index in [9.17, 15) is 4.79 Å². The van der Waals surface area contributed by atoms with Gasteiger partial charge in [-0.1, -0.05) is 90.9 Å². The Balaban J connectivity index is 1.82. The van der Waals surface area contributed by atoms with Crippen molar-refractivity contribution < 1.29 is 4.79 Å². The number of hydrogen-bond donors (Lipinski definition) is 1. The Morgan fingerprint density at radius 1 is 0.778 bits per heavy atom. The second-order valence-electron chi connectivity index (χ2n) is 8.20. The Hall–Kier alpha value is -1.02. The molecule has 0 spiro atoms. The summed E-state index contributed by atoms with van der Waals surface area (Å²) in [5.74, 6) is 0.871. The van der Waals surface area contributed by atoms with E-state index in [1.807, 2.05) is 12.1 Å². The van der Waals surface area contributed by atoms with Gasteiger partial charge < -0.3 is 5.32 Å². The molecule has 0 radical (unpaired) electrons. The summed E-state index contributed by atoms with van der Waals surface area (Å²) in [5.41, 5.74) is 1.61. The van der Waals surface area contributed by atoms with Gasteiger partial charge in [-0.25, -0.2) is 0 Å². The van der Waals surface area contributed by atoms with Gasteiger partial charge >= 0.3 is 0 Å². The summed E-state index contributed by atoms with van der Waals surface area (Å²) in [7, 11) is 0. The lowest BCUT2D eigenvalue weighted by atomic mass is 10.0. The Morgan fingerprint density at radius 3 is 1.67 bits per heavy atom. The molecule has 1 aromatic rings. The van der Waals surface area contributed by atoms with Crippen molar-refractivity contribution in [3.63, 3.8) is 0 Å². The first-order valence-corrected chi connectivity index (χ1v) is 11.5. The highest BCUT2D eigenvalue weighted by Gasteiger charge is 2.00. The van der Waals surface area contributed by atoms with Crippen molar-refractivity contribution in [2.45, 2.75) is 97.3 Å². The standard InChI is InChI=1S/C24H40ClNO/c1-21(2)15-13-11-9-7-5-3-4-6-8-10-12-14-20-26-23-18-16-22(17-19-23)24(25)27/h16-19,21,26H,3-15,20H2,1-2H3. The number of nitrogens with one attached hydrogen (secondary N) is 1. The molecular formula is C24H40ClNO. The Morgan fingerprint density at radius 2 is 1.22 bits per heavy atom. The first kappa shape index (κ1) is 24.0. The van der Waals surface area contributed by atoms with Crippen LogP contribution in [0.15, 0.2) is 24.3 Å². The number of benzene rings is 1. The molecule has 1 aromatic carbocycles. The molecule has 0 heterocycles. The summed E-state index contributed by atoms with van der Waals surface area (Å²) in [6, 6.07) is 7.37. The second kappa shape index (κ2) is 16.0. The van der Waals surface area contributed by atoms with E-state index in [4.69, 9.17) is 11.6 Å². The molecule has 154 valence electrons. The molecule has 0 atom stereocenters. The Labute approximate surface area is 172 Å². The van der Waals surface area contributed by atoms with Gasteiger partial charge in [0, 0.05) is 17.8 Å². The maximum atomic E-state index is 11.0. The zero-order valence-electron chi connectivity index (χ0n) is 17.6. The van der Waals surface area contributed by atoms with E-state index >= 15 is 0 Å². The molecule has 1 rings (SSSR count). The molecule has 0 amide bonds. The molecule has 0 unspecified atom stereocenters. The molecule has 0 saturated heterocycles. The van der Waals surface area contributed by atoms with Crippen LogP contribution in [-0.4, -0.2) is 11.8 Å². The van der Waals surface area contributed by atoms with Crippen molar-refractivity contribution in [2.75, 3.05) is 11.9 Å². The highest BCUT2D eigenvalue weighted by molar-refractivity contribution is 6.67. The molecule has 0 fully saturated rings. The second-order valence-corrected chi connectivity index (χ2v) is 8.55. The zero-order valence-corrected chi connectivity index (χ0v) is 18.3. The van der Waals surface area contributed by atoms with E-state index < -0.39 is 5.24 Å². The minimum absolute atomic E-state index is 0.400. The van der Waals surface area contributed by atoms with E-state index in [1.165, 1.54) is 83.5 Å². The van der Waals surface area contributed by atoms with Crippen LogP contribution in [-0.2, 0) is 0 Å². The normalized spacial score (nSPS) is 11.1. The summed E-state index contributed by atoms with van der Waals surface area (Å²) < 4.78 is 0. The van der Waals surface area contributed by atoms with Crippen molar-refractivity contribution in [3.8, 4) is 0 Å². The lowest BCUT2D eigenvalue weighted by molar-refractivity contribution is 0.108. The number of hydrogen-bond acceptors (Lipinski definition) is 2. The van der Waals surface area contributed by atoms with Crippen LogP contribution in [0.2, 0.25) is 0 Å². The van der Waals surface area contributed by atoms with Gasteiger partial charge in [-0.3, -0.25) is 4.79 Å². The third-order valence-corrected chi connectivity index (χ3v) is 5.37. The molecule has 27 heavy (non-hydrogen) atoms. The van der Waals surface area contributed by atoms with E-state index in [1.54, 1.807) is 12.1 Å². The van der Waals surface area contributed by atoms with Crippen molar-refractivity contribution in [1.29, 1.82) is 0 Å². The summed E-state index contributed by atoms with van der Waals surface area (Å²) in [4.78, 5) is 11.0. The molecule has 0 aliphatic carbocycles. The smallest absolute Gasteiger partial charge is 0.252 e. The monoisotopic (exact) mass is 393 g/mol. The summed E-state index contributed by atoms with van der Waals surface area (Å²) in [6.45, 7) is 5.63. The summed E-state index contributed by atoms with van der Waals surface area (Å²) in [6.07, 6.45) is 18.0. The van der Waals surface area contributed by atoms with Crippen LogP contribution in [0.4, 0.5) is 5.69 Å². The van der Waals surface area contributed by atoms with Crippen LogP contribution in [0.25, 0.3) is 0 Å². The number of carbonyl (C=O) groups excluding carboxylic acids is 1. The molecular weight excluding hydrogens is 354 g/mol. The molecule has 3 heteroatoms. The average molecular weight is 394 g/mol. The molecule has 1 N–H and O–H groups in total. The minimum atomic E-state index is -0.400. The number of halogens is 1. The maximum absolute atomic E-state index is 11.0. The first-order chi connectivity index (χ1) is 13.1. The van der Waals surface area contributed by atoms with Gasteiger partial charge in [-0.2, -0.15) is 0 Å². The Bertz CT molecular complexity index is 484. The lowest BCUT2D eigenvalue weighted by Gasteiger charge is -2.07. The zero-order chi connectivity index (χ0) is 19.7. The van der Waals surface area contributed by atoms with Crippen LogP contribution in [0.3, 0.4) is 0 Å². The predicted octanol–water partition coefficient (Wildman–Crippen LogP) is 8.20. The third kappa shape index (κ3) is 13.7. The fourth-order valence-electron chi connectivity index (χ4n) is 3.40. The highest BCUT2D eigenvalue weighted by atomic mass is 35.5. The molecule has 0 aromatic heterocycles. The van der Waals surface area contributed by atoms with Crippen LogP contribution in [0, 0.1) is 5.92 Å². The van der Waals surface area contributed by atoms with Gasteiger partial charge in [0.15, 0.2) is 0 Å². The molecule has 2 nitrogen and oxygen atoms in total. The summed E-state index contributed by atoms with van der Waals surface area (Å²) in [5, 5.41) is 3.00. The van der Waals surface area contributed by atoms with Gasteiger partial charge in [0.2, 0.25) is 0 Å². The number of carbonyl (C=O) groups is 1. The van der Waals surface area contributed by atoms with Gasteiger partial charge in [0.25, 0.3) is 5.24 Å². The summed E-state index contributed by atoms with van der Waals surface area (Å²) >= 11 is 5.45. The minimum Gasteiger partial charge on any atom is -0.385 e. The van der Waals surface area contributed by atoms with Crippen molar-refractivity contribution in [2.24, 2.45) is 5.92 Å². The van der Waals surface area contributed by atoms with E-state index in [0.29, 0.717) is 5.56 Å². The van der Waals surface area contributed by atoms with Crippen LogP contribution >= 0.6 is 11.6 Å². The predicted molar refractivity (Wildman–Crippen MR) is 120 cm³/mol. The third-order valence-electron chi connectivity index (χ3n) is 5.15. The fourth-order valence-corrected chi connectivity index (χ4v) is 3.52. The first-order valence-electron chi connectivity index (χ1n) is 11.1.